The number of benzene rings is 1. The number of nitrogens with zero attached hydrogens (tertiary/aromatic N) is 1. The van der Waals surface area contributed by atoms with Crippen molar-refractivity contribution >= 4 is 18.3 Å². The molecule has 1 aliphatic rings. The van der Waals surface area contributed by atoms with Crippen LogP contribution in [-0.2, 0) is 17.9 Å². The van der Waals surface area contributed by atoms with Gasteiger partial charge in [0.05, 0.1) is 12.5 Å². The van der Waals surface area contributed by atoms with E-state index in [0.717, 1.165) is 37.1 Å². The van der Waals surface area contributed by atoms with Gasteiger partial charge in [-0.25, -0.2) is 0 Å². The third-order valence-electron chi connectivity index (χ3n) is 4.41. The van der Waals surface area contributed by atoms with E-state index >= 15 is 0 Å². The molecular formula is C19H24ClN3O2. The van der Waals surface area contributed by atoms with Crippen molar-refractivity contribution < 1.29 is 4.79 Å². The van der Waals surface area contributed by atoms with Crippen LogP contribution in [0.1, 0.15) is 24.0 Å². The van der Waals surface area contributed by atoms with Crippen molar-refractivity contribution in [3.8, 4) is 0 Å². The van der Waals surface area contributed by atoms with Crippen molar-refractivity contribution in [2.24, 2.45) is 5.92 Å². The van der Waals surface area contributed by atoms with Gasteiger partial charge >= 0.3 is 0 Å². The summed E-state index contributed by atoms with van der Waals surface area (Å²) in [6.07, 6.45) is 3.81. The lowest BCUT2D eigenvalue weighted by Crippen LogP contribution is -2.40. The number of nitrogens with one attached hydrogen (secondary N) is 2. The zero-order valence-corrected chi connectivity index (χ0v) is 14.9. The highest BCUT2D eigenvalue weighted by atomic mass is 35.5. The first-order valence-corrected chi connectivity index (χ1v) is 8.44. The van der Waals surface area contributed by atoms with Gasteiger partial charge in [0.1, 0.15) is 0 Å². The fraction of sp³-hybridized carbons (Fsp3) is 0.368. The van der Waals surface area contributed by atoms with Crippen LogP contribution in [0.2, 0.25) is 0 Å². The Kier molecular flexibility index (Phi) is 7.22. The van der Waals surface area contributed by atoms with E-state index in [1.165, 1.54) is 0 Å². The van der Waals surface area contributed by atoms with Gasteiger partial charge in [-0.2, -0.15) is 0 Å². The molecule has 1 amide bonds. The minimum Gasteiger partial charge on any atom is -0.352 e. The summed E-state index contributed by atoms with van der Waals surface area (Å²) in [5, 5.41) is 6.27. The first-order chi connectivity index (χ1) is 11.7. The largest absolute Gasteiger partial charge is 0.352 e. The molecular weight excluding hydrogens is 338 g/mol. The minimum absolute atomic E-state index is 0. The lowest BCUT2D eigenvalue weighted by molar-refractivity contribution is -0.125. The van der Waals surface area contributed by atoms with E-state index < -0.39 is 0 Å². The Hall–Kier alpha value is -2.11. The molecule has 2 heterocycles. The Morgan fingerprint density at radius 1 is 1.16 bits per heavy atom. The molecule has 134 valence electrons. The van der Waals surface area contributed by atoms with E-state index in [1.54, 1.807) is 22.9 Å². The van der Waals surface area contributed by atoms with Crippen LogP contribution in [-0.4, -0.2) is 23.6 Å². The van der Waals surface area contributed by atoms with Gasteiger partial charge in [0.25, 0.3) is 5.56 Å². The van der Waals surface area contributed by atoms with Gasteiger partial charge in [0.15, 0.2) is 0 Å². The van der Waals surface area contributed by atoms with Crippen molar-refractivity contribution in [2.45, 2.75) is 25.9 Å². The summed E-state index contributed by atoms with van der Waals surface area (Å²) in [6, 6.07) is 13.2. The van der Waals surface area contributed by atoms with Crippen molar-refractivity contribution in [1.82, 2.24) is 15.2 Å². The molecule has 2 N–H and O–H groups in total. The van der Waals surface area contributed by atoms with Gasteiger partial charge in [-0.05, 0) is 36.6 Å². The zero-order valence-electron chi connectivity index (χ0n) is 14.1. The number of amides is 1. The van der Waals surface area contributed by atoms with E-state index in [9.17, 15) is 9.59 Å². The molecule has 0 radical (unpaired) electrons. The van der Waals surface area contributed by atoms with Gasteiger partial charge in [-0.1, -0.05) is 30.3 Å². The Labute approximate surface area is 153 Å². The number of aromatic nitrogens is 1. The molecule has 3 rings (SSSR count). The predicted octanol–water partition coefficient (Wildman–Crippen LogP) is 1.93. The van der Waals surface area contributed by atoms with Crippen LogP contribution in [0.4, 0.5) is 0 Å². The molecule has 1 atom stereocenters. The van der Waals surface area contributed by atoms with E-state index in [0.29, 0.717) is 13.1 Å². The number of halogens is 1. The highest BCUT2D eigenvalue weighted by Crippen LogP contribution is 2.11. The van der Waals surface area contributed by atoms with E-state index in [1.807, 2.05) is 30.3 Å². The molecule has 1 unspecified atom stereocenters. The second-order valence-electron chi connectivity index (χ2n) is 6.24. The van der Waals surface area contributed by atoms with Gasteiger partial charge in [-0.15, -0.1) is 12.4 Å². The summed E-state index contributed by atoms with van der Waals surface area (Å²) in [5.74, 6) is 0.213. The standard InChI is InChI=1S/C19H23N3O2.ClH/c23-18-5-1-2-11-22(18)14-16-8-6-15(7-9-16)12-21-19(24)17-4-3-10-20-13-17;/h1-2,5-9,11,17,20H,3-4,10,12-14H2,(H,21,24);1H. The SMILES string of the molecule is Cl.O=C(NCc1ccc(Cn2ccccc2=O)cc1)C1CCCNC1. The van der Waals surface area contributed by atoms with Crippen LogP contribution in [0.25, 0.3) is 0 Å². The summed E-state index contributed by atoms with van der Waals surface area (Å²) in [7, 11) is 0. The lowest BCUT2D eigenvalue weighted by Gasteiger charge is -2.21. The second-order valence-corrected chi connectivity index (χ2v) is 6.24. The van der Waals surface area contributed by atoms with Crippen LogP contribution in [0.5, 0.6) is 0 Å². The van der Waals surface area contributed by atoms with Gasteiger partial charge in [-0.3, -0.25) is 9.59 Å². The molecule has 1 aromatic carbocycles. The Morgan fingerprint density at radius 2 is 1.92 bits per heavy atom. The number of rotatable bonds is 5. The highest BCUT2D eigenvalue weighted by molar-refractivity contribution is 5.85. The number of piperidine rings is 1. The van der Waals surface area contributed by atoms with Crippen LogP contribution in [0.15, 0.2) is 53.5 Å². The van der Waals surface area contributed by atoms with Crippen LogP contribution in [0.3, 0.4) is 0 Å². The zero-order chi connectivity index (χ0) is 16.8. The molecule has 0 saturated carbocycles. The Bertz CT molecular complexity index is 737. The quantitative estimate of drug-likeness (QED) is 0.855. The smallest absolute Gasteiger partial charge is 0.250 e. The molecule has 1 fully saturated rings. The van der Waals surface area contributed by atoms with Gasteiger partial charge < -0.3 is 15.2 Å². The Morgan fingerprint density at radius 3 is 2.60 bits per heavy atom. The highest BCUT2D eigenvalue weighted by Gasteiger charge is 2.20. The fourth-order valence-corrected chi connectivity index (χ4v) is 2.96. The molecule has 2 aromatic rings. The number of hydrogen-bond donors (Lipinski definition) is 2. The van der Waals surface area contributed by atoms with Gasteiger partial charge in [0.2, 0.25) is 5.91 Å². The average molecular weight is 362 g/mol. The van der Waals surface area contributed by atoms with Crippen molar-refractivity contribution in [1.29, 1.82) is 0 Å². The summed E-state index contributed by atoms with van der Waals surface area (Å²) in [6.45, 7) is 2.88. The number of carbonyl (C=O) groups is 1. The van der Waals surface area contributed by atoms with Crippen LogP contribution < -0.4 is 16.2 Å². The van der Waals surface area contributed by atoms with Crippen LogP contribution >= 0.6 is 12.4 Å². The lowest BCUT2D eigenvalue weighted by atomic mass is 9.99. The maximum atomic E-state index is 12.1. The molecule has 25 heavy (non-hydrogen) atoms. The van der Waals surface area contributed by atoms with E-state index in [-0.39, 0.29) is 29.8 Å². The molecule has 6 heteroatoms. The number of hydrogen-bond acceptors (Lipinski definition) is 3. The monoisotopic (exact) mass is 361 g/mol. The van der Waals surface area contributed by atoms with E-state index in [2.05, 4.69) is 10.6 Å². The van der Waals surface area contributed by atoms with Crippen LogP contribution in [0, 0.1) is 5.92 Å². The first kappa shape index (κ1) is 19.2. The van der Waals surface area contributed by atoms with Crippen molar-refractivity contribution in [3.05, 3.63) is 70.1 Å². The predicted molar refractivity (Wildman–Crippen MR) is 101 cm³/mol. The minimum atomic E-state index is -0.00469. The summed E-state index contributed by atoms with van der Waals surface area (Å²) < 4.78 is 1.67. The average Bonchev–Trinajstić information content (AvgIpc) is 2.63. The summed E-state index contributed by atoms with van der Waals surface area (Å²) in [4.78, 5) is 23.9. The molecule has 1 aliphatic heterocycles. The molecule has 5 nitrogen and oxygen atoms in total. The second kappa shape index (κ2) is 9.39. The third-order valence-corrected chi connectivity index (χ3v) is 4.41. The van der Waals surface area contributed by atoms with Crippen molar-refractivity contribution in [3.63, 3.8) is 0 Å². The van der Waals surface area contributed by atoms with Gasteiger partial charge in [0, 0.05) is 25.4 Å². The number of carbonyl (C=O) groups excluding carboxylic acids is 1. The number of pyridine rings is 1. The van der Waals surface area contributed by atoms with E-state index in [4.69, 9.17) is 0 Å². The molecule has 0 spiro atoms. The maximum absolute atomic E-state index is 12.1. The topological polar surface area (TPSA) is 63.1 Å². The fourth-order valence-electron chi connectivity index (χ4n) is 2.96. The molecule has 1 saturated heterocycles. The Balaban J connectivity index is 0.00000225. The van der Waals surface area contributed by atoms with Crippen molar-refractivity contribution in [2.75, 3.05) is 13.1 Å². The molecule has 0 bridgehead atoms. The molecule has 0 aliphatic carbocycles. The third kappa shape index (κ3) is 5.44. The molecule has 1 aromatic heterocycles. The summed E-state index contributed by atoms with van der Waals surface area (Å²) >= 11 is 0. The summed E-state index contributed by atoms with van der Waals surface area (Å²) in [5.41, 5.74) is 2.13. The maximum Gasteiger partial charge on any atom is 0.250 e. The normalized spacial score (nSPS) is 16.7. The first-order valence-electron chi connectivity index (χ1n) is 8.44.